The van der Waals surface area contributed by atoms with Crippen LogP contribution in [0.4, 0.5) is 0 Å². The maximum absolute atomic E-state index is 11.7. The molecule has 0 bridgehead atoms. The molecule has 0 aliphatic heterocycles. The van der Waals surface area contributed by atoms with E-state index in [0.29, 0.717) is 10.6 Å². The molecule has 0 amide bonds. The number of carbonyl (C=O) groups is 2. The van der Waals surface area contributed by atoms with Gasteiger partial charge in [0.25, 0.3) is 0 Å². The first-order valence-electron chi connectivity index (χ1n) is 5.32. The Balaban J connectivity index is 3.21. The highest BCUT2D eigenvalue weighted by molar-refractivity contribution is 6.30. The fraction of sp³-hybridized carbons (Fsp3) is 0.143. The number of benzene rings is 1. The molecule has 0 saturated carbocycles. The first-order valence-corrected chi connectivity index (χ1v) is 5.70. The van der Waals surface area contributed by atoms with Crippen LogP contribution in [0.15, 0.2) is 42.0 Å². The van der Waals surface area contributed by atoms with Crippen molar-refractivity contribution in [3.8, 4) is 0 Å². The van der Waals surface area contributed by atoms with Gasteiger partial charge in [-0.3, -0.25) is 0 Å². The zero-order valence-electron chi connectivity index (χ0n) is 10.6. The Labute approximate surface area is 116 Å². The summed E-state index contributed by atoms with van der Waals surface area (Å²) in [6.45, 7) is 3.54. The van der Waals surface area contributed by atoms with Crippen LogP contribution in [0.2, 0.25) is 5.02 Å². The van der Waals surface area contributed by atoms with Gasteiger partial charge in [-0.2, -0.15) is 0 Å². The van der Waals surface area contributed by atoms with E-state index >= 15 is 0 Å². The molecule has 0 radical (unpaired) electrons. The van der Waals surface area contributed by atoms with Crippen LogP contribution < -0.4 is 0 Å². The van der Waals surface area contributed by atoms with Crippen molar-refractivity contribution < 1.29 is 19.1 Å². The summed E-state index contributed by atoms with van der Waals surface area (Å²) < 4.78 is 9.16. The quantitative estimate of drug-likeness (QED) is 0.483. The number of halogens is 1. The molecule has 1 aromatic carbocycles. The first kappa shape index (κ1) is 15.0. The summed E-state index contributed by atoms with van der Waals surface area (Å²) in [5.74, 6) is -1.37. The average Bonchev–Trinajstić information content (AvgIpc) is 2.42. The molecule has 0 unspecified atom stereocenters. The van der Waals surface area contributed by atoms with E-state index in [0.717, 1.165) is 0 Å². The van der Waals surface area contributed by atoms with E-state index in [9.17, 15) is 9.59 Å². The van der Waals surface area contributed by atoms with Gasteiger partial charge in [-0.25, -0.2) is 9.59 Å². The fourth-order valence-electron chi connectivity index (χ4n) is 1.38. The molecule has 0 aliphatic carbocycles. The minimum Gasteiger partial charge on any atom is -0.465 e. The monoisotopic (exact) mass is 280 g/mol. The van der Waals surface area contributed by atoms with Gasteiger partial charge >= 0.3 is 11.9 Å². The summed E-state index contributed by atoms with van der Waals surface area (Å²) in [5, 5.41) is 0.515. The molecular formula is C14H13ClO4. The molecular weight excluding hydrogens is 268 g/mol. The van der Waals surface area contributed by atoms with Crippen molar-refractivity contribution in [2.75, 3.05) is 14.2 Å². The van der Waals surface area contributed by atoms with E-state index in [1.807, 2.05) is 0 Å². The number of methoxy groups -OCH3 is 2. The van der Waals surface area contributed by atoms with Crippen molar-refractivity contribution in [1.82, 2.24) is 0 Å². The predicted octanol–water partition coefficient (Wildman–Crippen LogP) is 2.63. The third kappa shape index (κ3) is 3.96. The molecule has 5 heteroatoms. The molecule has 0 aromatic heterocycles. The second kappa shape index (κ2) is 6.75. The minimum atomic E-state index is -0.696. The minimum absolute atomic E-state index is 0.0246. The number of ether oxygens (including phenoxy) is 2. The number of hydrogen-bond donors (Lipinski definition) is 0. The van der Waals surface area contributed by atoms with Gasteiger partial charge in [0.1, 0.15) is 0 Å². The lowest BCUT2D eigenvalue weighted by atomic mass is 10.0. The van der Waals surface area contributed by atoms with Gasteiger partial charge in [-0.05, 0) is 23.8 Å². The van der Waals surface area contributed by atoms with Crippen LogP contribution in [0.1, 0.15) is 5.56 Å². The zero-order chi connectivity index (χ0) is 14.4. The molecule has 0 saturated heterocycles. The highest BCUT2D eigenvalue weighted by Gasteiger charge is 2.20. The molecule has 1 aromatic rings. The van der Waals surface area contributed by atoms with Gasteiger partial charge in [0, 0.05) is 5.02 Å². The van der Waals surface area contributed by atoms with Crippen molar-refractivity contribution >= 4 is 29.6 Å². The molecule has 19 heavy (non-hydrogen) atoms. The maximum atomic E-state index is 11.7. The standard InChI is InChI=1S/C14H13ClO4/c1-9(13(16)18-2)12(14(17)19-3)8-10-5-4-6-11(15)7-10/h4-8H,1H2,2-3H3/b12-8+. The van der Waals surface area contributed by atoms with E-state index < -0.39 is 11.9 Å². The van der Waals surface area contributed by atoms with E-state index in [1.54, 1.807) is 24.3 Å². The van der Waals surface area contributed by atoms with Gasteiger partial charge in [0.15, 0.2) is 0 Å². The summed E-state index contributed by atoms with van der Waals surface area (Å²) in [6, 6.07) is 6.81. The van der Waals surface area contributed by atoms with Crippen molar-refractivity contribution in [2.45, 2.75) is 0 Å². The third-order valence-electron chi connectivity index (χ3n) is 2.32. The summed E-state index contributed by atoms with van der Waals surface area (Å²) in [5.41, 5.74) is 0.601. The van der Waals surface area contributed by atoms with E-state index in [-0.39, 0.29) is 11.1 Å². The molecule has 0 fully saturated rings. The molecule has 0 heterocycles. The van der Waals surface area contributed by atoms with Gasteiger partial charge in [0.05, 0.1) is 25.4 Å². The van der Waals surface area contributed by atoms with Gasteiger partial charge in [-0.1, -0.05) is 30.3 Å². The molecule has 100 valence electrons. The first-order chi connectivity index (χ1) is 8.99. The SMILES string of the molecule is C=C(C(=O)OC)/C(=C\c1cccc(Cl)c1)C(=O)OC. The molecule has 1 rings (SSSR count). The van der Waals surface area contributed by atoms with E-state index in [4.69, 9.17) is 11.6 Å². The molecule has 0 atom stereocenters. The Bertz CT molecular complexity index is 546. The van der Waals surface area contributed by atoms with Crippen LogP contribution in [0, 0.1) is 0 Å². The maximum Gasteiger partial charge on any atom is 0.338 e. The number of hydrogen-bond acceptors (Lipinski definition) is 4. The topological polar surface area (TPSA) is 52.6 Å². The highest BCUT2D eigenvalue weighted by Crippen LogP contribution is 2.18. The fourth-order valence-corrected chi connectivity index (χ4v) is 1.57. The van der Waals surface area contributed by atoms with Crippen LogP contribution in [-0.4, -0.2) is 26.2 Å². The van der Waals surface area contributed by atoms with Crippen LogP contribution in [0.3, 0.4) is 0 Å². The molecule has 4 nitrogen and oxygen atoms in total. The van der Waals surface area contributed by atoms with Gasteiger partial charge in [-0.15, -0.1) is 0 Å². The lowest BCUT2D eigenvalue weighted by Crippen LogP contribution is -2.14. The van der Waals surface area contributed by atoms with Gasteiger partial charge in [0.2, 0.25) is 0 Å². The second-order valence-electron chi connectivity index (χ2n) is 3.57. The summed E-state index contributed by atoms with van der Waals surface area (Å²) in [4.78, 5) is 23.1. The smallest absolute Gasteiger partial charge is 0.338 e. The Morgan fingerprint density at radius 2 is 1.84 bits per heavy atom. The van der Waals surface area contributed by atoms with Crippen molar-refractivity contribution in [3.05, 3.63) is 52.6 Å². The largest absolute Gasteiger partial charge is 0.465 e. The third-order valence-corrected chi connectivity index (χ3v) is 2.56. The Morgan fingerprint density at radius 1 is 1.21 bits per heavy atom. The van der Waals surface area contributed by atoms with E-state index in [1.165, 1.54) is 20.3 Å². The highest BCUT2D eigenvalue weighted by atomic mass is 35.5. The normalized spacial score (nSPS) is 10.8. The Kier molecular flexibility index (Phi) is 5.33. The molecule has 0 spiro atoms. The molecule has 0 N–H and O–H groups in total. The van der Waals surface area contributed by atoms with E-state index in [2.05, 4.69) is 16.1 Å². The Hall–Kier alpha value is -2.07. The summed E-state index contributed by atoms with van der Waals surface area (Å²) in [6.07, 6.45) is 1.47. The molecule has 0 aliphatic rings. The summed E-state index contributed by atoms with van der Waals surface area (Å²) in [7, 11) is 2.43. The van der Waals surface area contributed by atoms with Crippen molar-refractivity contribution in [2.24, 2.45) is 0 Å². The number of esters is 2. The van der Waals surface area contributed by atoms with Crippen LogP contribution in [0.25, 0.3) is 6.08 Å². The van der Waals surface area contributed by atoms with Gasteiger partial charge < -0.3 is 9.47 Å². The Morgan fingerprint density at radius 3 is 2.37 bits per heavy atom. The van der Waals surface area contributed by atoms with Crippen LogP contribution >= 0.6 is 11.6 Å². The number of carbonyl (C=O) groups excluding carboxylic acids is 2. The zero-order valence-corrected chi connectivity index (χ0v) is 11.4. The number of rotatable bonds is 4. The summed E-state index contributed by atoms with van der Waals surface area (Å²) >= 11 is 5.85. The lowest BCUT2D eigenvalue weighted by Gasteiger charge is -2.07. The second-order valence-corrected chi connectivity index (χ2v) is 4.01. The van der Waals surface area contributed by atoms with Crippen LogP contribution in [-0.2, 0) is 19.1 Å². The average molecular weight is 281 g/mol. The predicted molar refractivity (Wildman–Crippen MR) is 72.6 cm³/mol. The van der Waals surface area contributed by atoms with Crippen molar-refractivity contribution in [3.63, 3.8) is 0 Å². The van der Waals surface area contributed by atoms with Crippen molar-refractivity contribution in [1.29, 1.82) is 0 Å². The van der Waals surface area contributed by atoms with Crippen LogP contribution in [0.5, 0.6) is 0 Å². The lowest BCUT2D eigenvalue weighted by molar-refractivity contribution is -0.139.